The number of likely N-dealkylation sites (N-methyl/N-ethyl adjacent to an activating group) is 1. The van der Waals surface area contributed by atoms with Gasteiger partial charge >= 0.3 is 5.97 Å². The van der Waals surface area contributed by atoms with Crippen LogP contribution in [-0.2, 0) is 20.5 Å². The number of amides is 1. The van der Waals surface area contributed by atoms with E-state index in [0.29, 0.717) is 17.3 Å². The van der Waals surface area contributed by atoms with E-state index in [9.17, 15) is 9.59 Å². The number of anilines is 1. The molecule has 1 fully saturated rings. The highest BCUT2D eigenvalue weighted by Crippen LogP contribution is 2.66. The molecule has 3 aromatic rings. The Morgan fingerprint density at radius 3 is 2.42 bits per heavy atom. The number of likely N-dealkylation sites (tertiary alicyclic amines) is 1. The summed E-state index contributed by atoms with van der Waals surface area (Å²) < 4.78 is 5.85. The summed E-state index contributed by atoms with van der Waals surface area (Å²) in [7, 11) is 1.91. The van der Waals surface area contributed by atoms with Crippen molar-refractivity contribution in [2.45, 2.75) is 16.9 Å². The fourth-order valence-corrected chi connectivity index (χ4v) is 6.13. The van der Waals surface area contributed by atoms with Crippen LogP contribution in [-0.4, -0.2) is 30.4 Å². The molecular formula is C25H19ClN2O3. The lowest BCUT2D eigenvalue weighted by Crippen LogP contribution is -2.60. The predicted octanol–water partition coefficient (Wildman–Crippen LogP) is 4.07. The van der Waals surface area contributed by atoms with Crippen LogP contribution in [0.2, 0.25) is 5.02 Å². The summed E-state index contributed by atoms with van der Waals surface area (Å²) >= 11 is 6.15. The van der Waals surface area contributed by atoms with Crippen LogP contribution in [0.5, 0.6) is 5.75 Å². The molecule has 6 heteroatoms. The average Bonchev–Trinajstić information content (AvgIpc) is 3.34. The molecule has 3 atom stereocenters. The van der Waals surface area contributed by atoms with E-state index in [1.165, 1.54) is 0 Å². The molecule has 5 nitrogen and oxygen atoms in total. The zero-order valence-corrected chi connectivity index (χ0v) is 17.5. The van der Waals surface area contributed by atoms with Gasteiger partial charge in [-0.25, -0.2) is 0 Å². The van der Waals surface area contributed by atoms with Gasteiger partial charge in [0.2, 0.25) is 0 Å². The van der Waals surface area contributed by atoms with Gasteiger partial charge in [0.1, 0.15) is 16.7 Å². The van der Waals surface area contributed by atoms with Gasteiger partial charge in [0.05, 0.1) is 0 Å². The number of halogens is 1. The number of hydrogen-bond donors (Lipinski definition) is 1. The first-order chi connectivity index (χ1) is 15.0. The van der Waals surface area contributed by atoms with E-state index in [1.807, 2.05) is 78.7 Å². The molecule has 0 unspecified atom stereocenters. The van der Waals surface area contributed by atoms with E-state index < -0.39 is 16.9 Å². The maximum atomic E-state index is 13.9. The number of fused-ring (bicyclic) bond motifs is 5. The van der Waals surface area contributed by atoms with Crippen molar-refractivity contribution in [3.05, 3.63) is 94.5 Å². The van der Waals surface area contributed by atoms with Crippen LogP contribution in [0.25, 0.3) is 0 Å². The molecule has 3 aliphatic rings. The molecule has 3 aromatic carbocycles. The second-order valence-corrected chi connectivity index (χ2v) is 8.82. The van der Waals surface area contributed by atoms with Crippen molar-refractivity contribution < 1.29 is 14.3 Å². The standard InChI is InChI=1S/C25H19ClN2O3/c1-28-14-19(15-10-12-16(26)13-11-15)24(18-7-3-5-9-21(18)31-23(24)30)25(28)17-6-2-4-8-20(17)27-22(25)29/h2-13,19H,14H2,1H3,(H,27,29)/t19-,24+,25+/m0/s1. The number of nitrogens with one attached hydrogen (secondary N) is 1. The van der Waals surface area contributed by atoms with Gasteiger partial charge in [0.15, 0.2) is 0 Å². The highest BCUT2D eigenvalue weighted by molar-refractivity contribution is 6.30. The van der Waals surface area contributed by atoms with Crippen LogP contribution in [0.1, 0.15) is 22.6 Å². The number of para-hydroxylation sites is 2. The lowest BCUT2D eigenvalue weighted by Gasteiger charge is -2.42. The second kappa shape index (κ2) is 6.19. The largest absolute Gasteiger partial charge is 0.425 e. The van der Waals surface area contributed by atoms with Crippen molar-refractivity contribution in [3.63, 3.8) is 0 Å². The molecule has 2 spiro atoms. The van der Waals surface area contributed by atoms with Gasteiger partial charge in [0.25, 0.3) is 5.91 Å². The fraction of sp³-hybridized carbons (Fsp3) is 0.200. The Labute approximate surface area is 184 Å². The molecule has 1 saturated heterocycles. The fourth-order valence-electron chi connectivity index (χ4n) is 6.01. The molecular weight excluding hydrogens is 412 g/mol. The smallest absolute Gasteiger partial charge is 0.325 e. The molecule has 0 bridgehead atoms. The van der Waals surface area contributed by atoms with Crippen LogP contribution < -0.4 is 10.1 Å². The van der Waals surface area contributed by atoms with E-state index in [0.717, 1.165) is 22.4 Å². The summed E-state index contributed by atoms with van der Waals surface area (Å²) in [5.41, 5.74) is 0.760. The molecule has 3 heterocycles. The summed E-state index contributed by atoms with van der Waals surface area (Å²) in [5.74, 6) is -0.396. The monoisotopic (exact) mass is 430 g/mol. The minimum atomic E-state index is -1.23. The van der Waals surface area contributed by atoms with E-state index in [1.54, 1.807) is 6.07 Å². The number of carbonyl (C=O) groups is 2. The third-order valence-electron chi connectivity index (χ3n) is 7.12. The quantitative estimate of drug-likeness (QED) is 0.467. The number of carbonyl (C=O) groups excluding carboxylic acids is 2. The minimum Gasteiger partial charge on any atom is -0.425 e. The third kappa shape index (κ3) is 2.05. The molecule has 0 aromatic heterocycles. The number of ether oxygens (including phenoxy) is 1. The molecule has 6 rings (SSSR count). The Kier molecular flexibility index (Phi) is 3.71. The topological polar surface area (TPSA) is 58.6 Å². The first-order valence-electron chi connectivity index (χ1n) is 10.2. The zero-order valence-electron chi connectivity index (χ0n) is 16.8. The lowest BCUT2D eigenvalue weighted by atomic mass is 9.58. The number of benzene rings is 3. The highest BCUT2D eigenvalue weighted by Gasteiger charge is 2.77. The molecule has 0 saturated carbocycles. The lowest BCUT2D eigenvalue weighted by molar-refractivity contribution is -0.147. The summed E-state index contributed by atoms with van der Waals surface area (Å²) in [6, 6.07) is 22.6. The van der Waals surface area contributed by atoms with Crippen molar-refractivity contribution in [2.75, 3.05) is 18.9 Å². The summed E-state index contributed by atoms with van der Waals surface area (Å²) in [6.45, 7) is 0.507. The Morgan fingerprint density at radius 1 is 0.968 bits per heavy atom. The molecule has 0 radical (unpaired) electrons. The predicted molar refractivity (Wildman–Crippen MR) is 117 cm³/mol. The third-order valence-corrected chi connectivity index (χ3v) is 7.38. The Morgan fingerprint density at radius 2 is 1.65 bits per heavy atom. The Bertz CT molecular complexity index is 1260. The molecule has 154 valence electrons. The first kappa shape index (κ1) is 18.6. The van der Waals surface area contributed by atoms with Crippen molar-refractivity contribution in [2.24, 2.45) is 0 Å². The van der Waals surface area contributed by atoms with Gasteiger partial charge in [-0.3, -0.25) is 14.5 Å². The summed E-state index contributed by atoms with van der Waals surface area (Å²) in [4.78, 5) is 29.8. The van der Waals surface area contributed by atoms with Gasteiger partial charge in [0, 0.05) is 34.3 Å². The van der Waals surface area contributed by atoms with Crippen molar-refractivity contribution in [3.8, 4) is 5.75 Å². The second-order valence-electron chi connectivity index (χ2n) is 8.39. The average molecular weight is 431 g/mol. The van der Waals surface area contributed by atoms with Gasteiger partial charge in [-0.1, -0.05) is 60.1 Å². The summed E-state index contributed by atoms with van der Waals surface area (Å²) in [6.07, 6.45) is 0. The molecule has 3 aliphatic heterocycles. The first-order valence-corrected chi connectivity index (χ1v) is 10.6. The molecule has 31 heavy (non-hydrogen) atoms. The SMILES string of the molecule is CN1C[C@@H](c2ccc(Cl)cc2)[C@]2(C(=O)Oc3ccccc32)[C@@]12C(=O)Nc1ccccc12. The van der Waals surface area contributed by atoms with Crippen molar-refractivity contribution in [1.82, 2.24) is 4.90 Å². The molecule has 1 amide bonds. The summed E-state index contributed by atoms with van der Waals surface area (Å²) in [5, 5.41) is 3.66. The normalized spacial score (nSPS) is 28.6. The van der Waals surface area contributed by atoms with E-state index in [4.69, 9.17) is 16.3 Å². The van der Waals surface area contributed by atoms with Crippen LogP contribution in [0.15, 0.2) is 72.8 Å². The number of rotatable bonds is 1. The van der Waals surface area contributed by atoms with Crippen molar-refractivity contribution in [1.29, 1.82) is 0 Å². The number of hydrogen-bond acceptors (Lipinski definition) is 4. The minimum absolute atomic E-state index is 0.207. The Hall–Kier alpha value is -3.15. The van der Waals surface area contributed by atoms with Gasteiger partial charge < -0.3 is 10.1 Å². The highest BCUT2D eigenvalue weighted by atomic mass is 35.5. The molecule has 1 N–H and O–H groups in total. The maximum absolute atomic E-state index is 13.9. The number of esters is 1. The van der Waals surface area contributed by atoms with Gasteiger partial charge in [-0.2, -0.15) is 0 Å². The molecule has 0 aliphatic carbocycles. The Balaban J connectivity index is 1.73. The van der Waals surface area contributed by atoms with E-state index in [2.05, 4.69) is 5.32 Å². The number of nitrogens with zero attached hydrogens (tertiary/aromatic N) is 1. The van der Waals surface area contributed by atoms with Crippen LogP contribution in [0.3, 0.4) is 0 Å². The van der Waals surface area contributed by atoms with E-state index >= 15 is 0 Å². The van der Waals surface area contributed by atoms with Gasteiger partial charge in [-0.05, 0) is 36.9 Å². The zero-order chi connectivity index (χ0) is 21.4. The van der Waals surface area contributed by atoms with Crippen LogP contribution >= 0.6 is 11.6 Å². The van der Waals surface area contributed by atoms with Crippen LogP contribution in [0, 0.1) is 0 Å². The van der Waals surface area contributed by atoms with Crippen molar-refractivity contribution >= 4 is 29.2 Å². The van der Waals surface area contributed by atoms with Crippen LogP contribution in [0.4, 0.5) is 5.69 Å². The maximum Gasteiger partial charge on any atom is 0.325 e. The van der Waals surface area contributed by atoms with E-state index in [-0.39, 0.29) is 11.8 Å². The van der Waals surface area contributed by atoms with Gasteiger partial charge in [-0.15, -0.1) is 0 Å².